The number of fused-ring (bicyclic) bond motifs is 3. The van der Waals surface area contributed by atoms with Gasteiger partial charge in [-0.05, 0) is 35.1 Å². The number of rotatable bonds is 16. The van der Waals surface area contributed by atoms with E-state index in [1.54, 1.807) is 0 Å². The lowest BCUT2D eigenvalue weighted by Gasteiger charge is -2.14. The third kappa shape index (κ3) is 8.17. The number of unbranched alkanes of at least 4 members (excludes halogenated alkanes) is 5. The summed E-state index contributed by atoms with van der Waals surface area (Å²) in [6.45, 7) is 5.76. The summed E-state index contributed by atoms with van der Waals surface area (Å²) >= 11 is 0. The van der Waals surface area contributed by atoms with E-state index in [9.17, 15) is 4.79 Å². The molecule has 0 heterocycles. The minimum absolute atomic E-state index is 0.0859. The molecule has 5 nitrogen and oxygen atoms in total. The van der Waals surface area contributed by atoms with Crippen molar-refractivity contribution in [2.75, 3.05) is 39.6 Å². The molecule has 3 rings (SSSR count). The van der Waals surface area contributed by atoms with Crippen LogP contribution < -0.4 is 5.32 Å². The number of carbonyl (C=O) groups is 1. The minimum atomic E-state index is -0.376. The fourth-order valence-electron chi connectivity index (χ4n) is 4.32. The second kappa shape index (κ2) is 14.7. The average Bonchev–Trinajstić information content (AvgIpc) is 3.16. The van der Waals surface area contributed by atoms with Crippen molar-refractivity contribution in [3.63, 3.8) is 0 Å². The summed E-state index contributed by atoms with van der Waals surface area (Å²) < 4.78 is 16.7. The third-order valence-electron chi connectivity index (χ3n) is 6.09. The molecule has 5 heteroatoms. The number of ether oxygens (including phenoxy) is 3. The van der Waals surface area contributed by atoms with Gasteiger partial charge >= 0.3 is 6.09 Å². The van der Waals surface area contributed by atoms with Crippen molar-refractivity contribution in [2.45, 2.75) is 57.8 Å². The molecule has 1 aliphatic rings. The van der Waals surface area contributed by atoms with Gasteiger partial charge in [0.25, 0.3) is 0 Å². The zero-order valence-corrected chi connectivity index (χ0v) is 20.0. The van der Waals surface area contributed by atoms with E-state index in [2.05, 4.69) is 48.6 Å². The summed E-state index contributed by atoms with van der Waals surface area (Å²) in [5, 5.41) is 2.82. The molecular formula is C28H39NO4. The van der Waals surface area contributed by atoms with E-state index in [1.165, 1.54) is 54.4 Å². The molecule has 1 aliphatic carbocycles. The van der Waals surface area contributed by atoms with Crippen molar-refractivity contribution in [3.05, 3.63) is 59.7 Å². The van der Waals surface area contributed by atoms with E-state index < -0.39 is 0 Å². The predicted octanol–water partition coefficient (Wildman–Crippen LogP) is 6.31. The Morgan fingerprint density at radius 3 is 2.00 bits per heavy atom. The molecule has 0 aliphatic heterocycles. The zero-order valence-electron chi connectivity index (χ0n) is 20.0. The van der Waals surface area contributed by atoms with Gasteiger partial charge in [0.05, 0.1) is 13.2 Å². The average molecular weight is 454 g/mol. The van der Waals surface area contributed by atoms with Crippen LogP contribution in [-0.4, -0.2) is 45.7 Å². The summed E-state index contributed by atoms with van der Waals surface area (Å²) in [6.07, 6.45) is 8.03. The molecule has 180 valence electrons. The summed E-state index contributed by atoms with van der Waals surface area (Å²) in [4.78, 5) is 12.1. The van der Waals surface area contributed by atoms with Gasteiger partial charge in [0.15, 0.2) is 0 Å². The smallest absolute Gasteiger partial charge is 0.407 e. The fourth-order valence-corrected chi connectivity index (χ4v) is 4.32. The second-order valence-corrected chi connectivity index (χ2v) is 8.60. The SMILES string of the molecule is CCCCCCCCOCCOCCCNC(=O)OCC1c2ccccc2-c2ccccc21. The predicted molar refractivity (Wildman–Crippen MR) is 133 cm³/mol. The number of alkyl carbamates (subject to hydrolysis) is 1. The quantitative estimate of drug-likeness (QED) is 0.303. The second-order valence-electron chi connectivity index (χ2n) is 8.60. The number of benzene rings is 2. The molecule has 33 heavy (non-hydrogen) atoms. The van der Waals surface area contributed by atoms with E-state index in [-0.39, 0.29) is 12.0 Å². The van der Waals surface area contributed by atoms with Gasteiger partial charge < -0.3 is 19.5 Å². The number of carbonyl (C=O) groups excluding carboxylic acids is 1. The van der Waals surface area contributed by atoms with Gasteiger partial charge in [-0.1, -0.05) is 87.6 Å². The minimum Gasteiger partial charge on any atom is -0.449 e. The van der Waals surface area contributed by atoms with E-state index in [4.69, 9.17) is 14.2 Å². The first-order valence-corrected chi connectivity index (χ1v) is 12.6. The first-order valence-electron chi connectivity index (χ1n) is 12.6. The molecule has 2 aromatic rings. The van der Waals surface area contributed by atoms with Crippen molar-refractivity contribution in [1.82, 2.24) is 5.32 Å². The Hall–Kier alpha value is -2.37. The van der Waals surface area contributed by atoms with Gasteiger partial charge in [-0.2, -0.15) is 0 Å². The van der Waals surface area contributed by atoms with E-state index >= 15 is 0 Å². The lowest BCUT2D eigenvalue weighted by molar-refractivity contribution is 0.0453. The highest BCUT2D eigenvalue weighted by Gasteiger charge is 2.28. The summed E-state index contributed by atoms with van der Waals surface area (Å²) in [7, 11) is 0. The van der Waals surface area contributed by atoms with Crippen LogP contribution in [0.5, 0.6) is 0 Å². The van der Waals surface area contributed by atoms with Crippen LogP contribution >= 0.6 is 0 Å². The van der Waals surface area contributed by atoms with E-state index in [0.717, 1.165) is 19.4 Å². The molecule has 0 aromatic heterocycles. The van der Waals surface area contributed by atoms with Crippen molar-refractivity contribution >= 4 is 6.09 Å². The Morgan fingerprint density at radius 2 is 1.33 bits per heavy atom. The largest absolute Gasteiger partial charge is 0.449 e. The molecule has 0 fully saturated rings. The normalized spacial score (nSPS) is 12.4. The topological polar surface area (TPSA) is 56.8 Å². The molecular weight excluding hydrogens is 414 g/mol. The van der Waals surface area contributed by atoms with E-state index in [0.29, 0.717) is 33.0 Å². The van der Waals surface area contributed by atoms with Crippen molar-refractivity contribution in [3.8, 4) is 11.1 Å². The highest BCUT2D eigenvalue weighted by atomic mass is 16.5. The van der Waals surface area contributed by atoms with Crippen molar-refractivity contribution in [1.29, 1.82) is 0 Å². The van der Waals surface area contributed by atoms with Crippen LogP contribution in [0.25, 0.3) is 11.1 Å². The lowest BCUT2D eigenvalue weighted by Crippen LogP contribution is -2.27. The Labute approximate surface area is 198 Å². The molecule has 1 N–H and O–H groups in total. The van der Waals surface area contributed by atoms with Crippen LogP contribution in [0, 0.1) is 0 Å². The fraction of sp³-hybridized carbons (Fsp3) is 0.536. The molecule has 0 bridgehead atoms. The molecule has 0 spiro atoms. The van der Waals surface area contributed by atoms with Gasteiger partial charge in [0.1, 0.15) is 6.61 Å². The van der Waals surface area contributed by atoms with Gasteiger partial charge in [0.2, 0.25) is 0 Å². The van der Waals surface area contributed by atoms with Crippen molar-refractivity contribution in [2.24, 2.45) is 0 Å². The van der Waals surface area contributed by atoms with Gasteiger partial charge in [-0.25, -0.2) is 4.79 Å². The number of nitrogens with one attached hydrogen (secondary N) is 1. The maximum atomic E-state index is 12.1. The highest BCUT2D eigenvalue weighted by Crippen LogP contribution is 2.44. The Morgan fingerprint density at radius 1 is 0.758 bits per heavy atom. The number of hydrogen-bond donors (Lipinski definition) is 1. The molecule has 0 atom stereocenters. The first-order chi connectivity index (χ1) is 16.3. The molecule has 0 radical (unpaired) electrons. The molecule has 1 amide bonds. The number of hydrogen-bond acceptors (Lipinski definition) is 4. The van der Waals surface area contributed by atoms with Gasteiger partial charge in [-0.15, -0.1) is 0 Å². The maximum Gasteiger partial charge on any atom is 0.407 e. The molecule has 0 saturated heterocycles. The Bertz CT molecular complexity index is 793. The highest BCUT2D eigenvalue weighted by molar-refractivity contribution is 5.79. The first kappa shape index (κ1) is 25.3. The standard InChI is InChI=1S/C28H39NO4/c1-2-3-4-5-6-11-18-31-20-21-32-19-12-17-29-28(30)33-22-27-25-15-9-7-13-23(25)24-14-8-10-16-26(24)27/h7-10,13-16,27H,2-6,11-12,17-22H2,1H3,(H,29,30). The number of amides is 1. The molecule has 0 saturated carbocycles. The van der Waals surface area contributed by atoms with Crippen molar-refractivity contribution < 1.29 is 19.0 Å². The third-order valence-corrected chi connectivity index (χ3v) is 6.09. The summed E-state index contributed by atoms with van der Waals surface area (Å²) in [6, 6.07) is 16.7. The summed E-state index contributed by atoms with van der Waals surface area (Å²) in [5.41, 5.74) is 4.91. The van der Waals surface area contributed by atoms with Crippen LogP contribution in [0.4, 0.5) is 4.79 Å². The lowest BCUT2D eigenvalue weighted by atomic mass is 9.98. The van der Waals surface area contributed by atoms with Crippen LogP contribution in [0.15, 0.2) is 48.5 Å². The van der Waals surface area contributed by atoms with Crippen LogP contribution in [0.1, 0.15) is 68.9 Å². The van der Waals surface area contributed by atoms with Crippen LogP contribution in [-0.2, 0) is 14.2 Å². The van der Waals surface area contributed by atoms with Gasteiger partial charge in [0, 0.05) is 25.7 Å². The van der Waals surface area contributed by atoms with E-state index in [1.807, 2.05) is 12.1 Å². The molecule has 2 aromatic carbocycles. The monoisotopic (exact) mass is 453 g/mol. The van der Waals surface area contributed by atoms with Crippen LogP contribution in [0.2, 0.25) is 0 Å². The maximum absolute atomic E-state index is 12.1. The molecule has 0 unspecified atom stereocenters. The van der Waals surface area contributed by atoms with Gasteiger partial charge in [-0.3, -0.25) is 0 Å². The van der Waals surface area contributed by atoms with Crippen LogP contribution in [0.3, 0.4) is 0 Å². The zero-order chi connectivity index (χ0) is 23.1. The Kier molecular flexibility index (Phi) is 11.3. The Balaban J connectivity index is 1.21. The summed E-state index contributed by atoms with van der Waals surface area (Å²) in [5.74, 6) is 0.0859.